The van der Waals surface area contributed by atoms with Gasteiger partial charge in [-0.3, -0.25) is 14.3 Å². The molecule has 2 fully saturated rings. The second-order valence-electron chi connectivity index (χ2n) is 6.95. The van der Waals surface area contributed by atoms with E-state index in [0.717, 1.165) is 37.6 Å². The third kappa shape index (κ3) is 4.66. The highest BCUT2D eigenvalue weighted by atomic mass is 35.5. The summed E-state index contributed by atoms with van der Waals surface area (Å²) in [4.78, 5) is 21.2. The maximum atomic E-state index is 12.2. The van der Waals surface area contributed by atoms with Gasteiger partial charge in [-0.2, -0.15) is 0 Å². The van der Waals surface area contributed by atoms with E-state index >= 15 is 0 Å². The first-order chi connectivity index (χ1) is 12.3. The fourth-order valence-corrected chi connectivity index (χ4v) is 4.95. The van der Waals surface area contributed by atoms with Crippen LogP contribution in [0, 0.1) is 5.92 Å². The fourth-order valence-electron chi connectivity index (χ4n) is 4.30. The molecule has 2 N–H and O–H groups in total. The highest BCUT2D eigenvalue weighted by molar-refractivity contribution is 7.12. The number of nitrogens with zero attached hydrogens (tertiary/aromatic N) is 4. The van der Waals surface area contributed by atoms with Crippen LogP contribution >= 0.6 is 36.2 Å². The van der Waals surface area contributed by atoms with Crippen LogP contribution in [0.3, 0.4) is 0 Å². The molecule has 2 aromatic heterocycles. The number of nitrogens with two attached hydrogens (primary N) is 1. The van der Waals surface area contributed by atoms with Crippen LogP contribution in [-0.4, -0.2) is 57.5 Å². The minimum Gasteiger partial charge on any atom is -0.338 e. The smallest absolute Gasteiger partial charge is 0.222 e. The van der Waals surface area contributed by atoms with E-state index in [1.807, 2.05) is 16.5 Å². The number of carbonyl (C=O) groups excluding carboxylic acids is 1. The van der Waals surface area contributed by atoms with Crippen LogP contribution in [0.25, 0.3) is 5.13 Å². The van der Waals surface area contributed by atoms with Crippen molar-refractivity contribution in [3.8, 4) is 5.13 Å². The maximum absolute atomic E-state index is 12.2. The summed E-state index contributed by atoms with van der Waals surface area (Å²) < 4.78 is 2.18. The second-order valence-corrected chi connectivity index (χ2v) is 7.82. The largest absolute Gasteiger partial charge is 0.338 e. The predicted molar refractivity (Wildman–Crippen MR) is 113 cm³/mol. The van der Waals surface area contributed by atoms with Crippen molar-refractivity contribution in [3.63, 3.8) is 0 Å². The Hall–Kier alpha value is -1.12. The molecule has 0 aliphatic carbocycles. The van der Waals surface area contributed by atoms with Crippen LogP contribution in [0.4, 0.5) is 0 Å². The van der Waals surface area contributed by atoms with Gasteiger partial charge >= 0.3 is 0 Å². The third-order valence-electron chi connectivity index (χ3n) is 5.44. The van der Waals surface area contributed by atoms with E-state index in [1.54, 1.807) is 11.3 Å². The van der Waals surface area contributed by atoms with E-state index in [2.05, 4.69) is 32.8 Å². The Labute approximate surface area is 176 Å². The van der Waals surface area contributed by atoms with Crippen LogP contribution < -0.4 is 5.73 Å². The number of halogens is 2. The Balaban J connectivity index is 0.00000131. The van der Waals surface area contributed by atoms with Crippen molar-refractivity contribution in [1.29, 1.82) is 0 Å². The van der Waals surface area contributed by atoms with Gasteiger partial charge < -0.3 is 10.6 Å². The molecule has 4 heterocycles. The molecule has 0 saturated carbocycles. The zero-order chi connectivity index (χ0) is 17.2. The molecule has 1 amide bonds. The molecule has 2 atom stereocenters. The Morgan fingerprint density at radius 2 is 2.15 bits per heavy atom. The third-order valence-corrected chi connectivity index (χ3v) is 6.21. The predicted octanol–water partition coefficient (Wildman–Crippen LogP) is 2.55. The highest BCUT2D eigenvalue weighted by Gasteiger charge is 2.38. The molecule has 2 aliphatic heterocycles. The topological polar surface area (TPSA) is 67.4 Å². The van der Waals surface area contributed by atoms with Gasteiger partial charge in [0.15, 0.2) is 5.13 Å². The number of aromatic nitrogens is 2. The lowest BCUT2D eigenvalue weighted by atomic mass is 9.83. The summed E-state index contributed by atoms with van der Waals surface area (Å²) in [5.74, 6) is 0.860. The summed E-state index contributed by atoms with van der Waals surface area (Å²) in [5, 5.41) is 3.03. The average molecular weight is 432 g/mol. The van der Waals surface area contributed by atoms with Crippen molar-refractivity contribution in [1.82, 2.24) is 19.4 Å². The lowest BCUT2D eigenvalue weighted by Gasteiger charge is -2.47. The summed E-state index contributed by atoms with van der Waals surface area (Å²) in [6, 6.07) is 4.65. The molecule has 0 radical (unpaired) electrons. The van der Waals surface area contributed by atoms with E-state index in [0.29, 0.717) is 31.5 Å². The van der Waals surface area contributed by atoms with Gasteiger partial charge in [0.2, 0.25) is 5.91 Å². The summed E-state index contributed by atoms with van der Waals surface area (Å²) >= 11 is 1.66. The molecule has 0 spiro atoms. The molecule has 150 valence electrons. The molecular formula is C18H27Cl2N5OS. The van der Waals surface area contributed by atoms with E-state index in [-0.39, 0.29) is 30.7 Å². The number of carbonyl (C=O) groups is 1. The van der Waals surface area contributed by atoms with Crippen molar-refractivity contribution >= 4 is 42.1 Å². The van der Waals surface area contributed by atoms with Gasteiger partial charge in [-0.15, -0.1) is 36.2 Å². The van der Waals surface area contributed by atoms with Crippen molar-refractivity contribution < 1.29 is 4.79 Å². The summed E-state index contributed by atoms with van der Waals surface area (Å²) in [5.41, 5.74) is 6.99. The Bertz CT molecular complexity index is 723. The van der Waals surface area contributed by atoms with Crippen molar-refractivity contribution in [2.24, 2.45) is 11.7 Å². The molecule has 2 aliphatic rings. The lowest BCUT2D eigenvalue weighted by Crippen LogP contribution is -2.56. The quantitative estimate of drug-likeness (QED) is 0.789. The van der Waals surface area contributed by atoms with Gasteiger partial charge in [0, 0.05) is 68.7 Å². The van der Waals surface area contributed by atoms with Crippen LogP contribution in [0.15, 0.2) is 29.9 Å². The number of likely N-dealkylation sites (tertiary alicyclic amines) is 2. The van der Waals surface area contributed by atoms with Gasteiger partial charge in [0.05, 0.1) is 0 Å². The first kappa shape index (κ1) is 22.2. The lowest BCUT2D eigenvalue weighted by molar-refractivity contribution is -0.141. The summed E-state index contributed by atoms with van der Waals surface area (Å²) in [7, 11) is 0. The van der Waals surface area contributed by atoms with Gasteiger partial charge in [-0.25, -0.2) is 4.98 Å². The van der Waals surface area contributed by atoms with E-state index in [4.69, 9.17) is 5.73 Å². The van der Waals surface area contributed by atoms with Crippen molar-refractivity contribution in [3.05, 3.63) is 35.6 Å². The Morgan fingerprint density at radius 3 is 2.89 bits per heavy atom. The number of thiazole rings is 1. The Morgan fingerprint density at radius 1 is 1.30 bits per heavy atom. The van der Waals surface area contributed by atoms with E-state index in [9.17, 15) is 4.79 Å². The maximum Gasteiger partial charge on any atom is 0.222 e. The molecule has 0 unspecified atom stereocenters. The first-order valence-electron chi connectivity index (χ1n) is 9.04. The minimum absolute atomic E-state index is 0. The number of hydrogen-bond acceptors (Lipinski definition) is 5. The molecule has 4 rings (SSSR count). The monoisotopic (exact) mass is 431 g/mol. The normalized spacial score (nSPS) is 22.7. The molecule has 2 aromatic rings. The summed E-state index contributed by atoms with van der Waals surface area (Å²) in [6.07, 6.45) is 6.66. The fraction of sp³-hybridized carbons (Fsp3) is 0.556. The van der Waals surface area contributed by atoms with Gasteiger partial charge in [-0.1, -0.05) is 0 Å². The molecule has 2 saturated heterocycles. The molecule has 0 bridgehead atoms. The standard InChI is InChI=1S/C18H25N5OS.2ClH/c19-6-10-23-16-5-9-21(12-14(16)3-4-17(23)24)13-15-2-1-8-22(15)18-20-7-11-25-18;;/h1-2,7-8,11,14,16H,3-6,9-10,12-13,19H2;2*1H/t14-,16+;;/m0../s1. The average Bonchev–Trinajstić information content (AvgIpc) is 3.29. The molecule has 27 heavy (non-hydrogen) atoms. The first-order valence-corrected chi connectivity index (χ1v) is 9.92. The van der Waals surface area contributed by atoms with E-state index in [1.165, 1.54) is 5.69 Å². The number of hydrogen-bond donors (Lipinski definition) is 1. The minimum atomic E-state index is 0. The van der Waals surface area contributed by atoms with E-state index < -0.39 is 0 Å². The molecule has 6 nitrogen and oxygen atoms in total. The zero-order valence-corrected chi connectivity index (χ0v) is 17.6. The van der Waals surface area contributed by atoms with Crippen LogP contribution in [0.1, 0.15) is 25.0 Å². The summed E-state index contributed by atoms with van der Waals surface area (Å²) in [6.45, 7) is 4.27. The SMILES string of the molecule is Cl.Cl.NCCN1C(=O)CC[C@H]2CN(Cc3cccn3-c3nccs3)CC[C@H]21. The number of rotatable bonds is 5. The van der Waals surface area contributed by atoms with Crippen molar-refractivity contribution in [2.45, 2.75) is 31.8 Å². The molecule has 0 aromatic carbocycles. The van der Waals surface area contributed by atoms with Crippen LogP contribution in [-0.2, 0) is 11.3 Å². The van der Waals surface area contributed by atoms with Gasteiger partial charge in [0.25, 0.3) is 0 Å². The second kappa shape index (κ2) is 9.89. The zero-order valence-electron chi connectivity index (χ0n) is 15.2. The van der Waals surface area contributed by atoms with Crippen LogP contribution in [0.2, 0.25) is 0 Å². The number of fused-ring (bicyclic) bond motifs is 1. The molecule has 9 heteroatoms. The van der Waals surface area contributed by atoms with Crippen LogP contribution in [0.5, 0.6) is 0 Å². The number of piperidine rings is 2. The highest BCUT2D eigenvalue weighted by Crippen LogP contribution is 2.31. The van der Waals surface area contributed by atoms with Gasteiger partial charge in [0.1, 0.15) is 0 Å². The Kier molecular flexibility index (Phi) is 8.12. The van der Waals surface area contributed by atoms with Crippen molar-refractivity contribution in [2.75, 3.05) is 26.2 Å². The van der Waals surface area contributed by atoms with Gasteiger partial charge in [-0.05, 0) is 30.9 Å². The molecular weight excluding hydrogens is 405 g/mol. The number of amides is 1.